The summed E-state index contributed by atoms with van der Waals surface area (Å²) in [5.74, 6) is 1.81. The molecule has 0 saturated carbocycles. The van der Waals surface area contributed by atoms with Crippen molar-refractivity contribution in [3.05, 3.63) is 164 Å². The summed E-state index contributed by atoms with van der Waals surface area (Å²) in [5, 5.41) is 8.88. The van der Waals surface area contributed by atoms with Crippen LogP contribution in [0.25, 0.3) is 111 Å². The largest absolute Gasteiger partial charge is 0.456 e. The Balaban J connectivity index is 1.14. The second kappa shape index (κ2) is 11.2. The van der Waals surface area contributed by atoms with E-state index in [1.165, 1.54) is 16.2 Å². The molecule has 8 aromatic carbocycles. The number of benzene rings is 8. The first-order valence-corrected chi connectivity index (χ1v) is 17.3. The Bertz CT molecular complexity index is 3190. The molecule has 11 rings (SSSR count). The van der Waals surface area contributed by atoms with Gasteiger partial charge in [-0.1, -0.05) is 127 Å². The summed E-state index contributed by atoms with van der Waals surface area (Å²) in [6.07, 6.45) is 0. The number of aromatic nitrogens is 3. The third-order valence-electron chi connectivity index (χ3n) is 10.1. The molecule has 0 aliphatic carbocycles. The van der Waals surface area contributed by atoms with Crippen LogP contribution in [0.3, 0.4) is 0 Å². The lowest BCUT2D eigenvalue weighted by Gasteiger charge is -2.11. The van der Waals surface area contributed by atoms with E-state index in [2.05, 4.69) is 103 Å². The summed E-state index contributed by atoms with van der Waals surface area (Å²) in [6, 6.07) is 56.3. The van der Waals surface area contributed by atoms with E-state index in [4.69, 9.17) is 23.8 Å². The van der Waals surface area contributed by atoms with Crippen molar-refractivity contribution in [1.29, 1.82) is 0 Å². The first-order valence-electron chi connectivity index (χ1n) is 17.3. The van der Waals surface area contributed by atoms with Gasteiger partial charge in [0.05, 0.1) is 0 Å². The van der Waals surface area contributed by atoms with Gasteiger partial charge in [-0.25, -0.2) is 15.0 Å². The number of hydrogen-bond donors (Lipinski definition) is 0. The van der Waals surface area contributed by atoms with Crippen LogP contribution in [-0.2, 0) is 0 Å². The standard InChI is InChI=1S/C47H27N3O2/c1-2-11-30(12-3-1)45-48-46(32-23-22-29-21-20-28-10-4-5-13-33(28)37(29)27-32)50-47(49-45)36-16-9-19-42-44(36)38-26-31(24-25-40(38)52-42)34-15-8-18-41-43(34)35-14-6-7-17-39(35)51-41/h1-27H. The predicted octanol–water partition coefficient (Wildman–Crippen LogP) is 12.6. The monoisotopic (exact) mass is 665 g/mol. The van der Waals surface area contributed by atoms with E-state index in [-0.39, 0.29) is 0 Å². The molecule has 0 bridgehead atoms. The number of hydrogen-bond acceptors (Lipinski definition) is 5. The summed E-state index contributed by atoms with van der Waals surface area (Å²) in [5.41, 5.74) is 8.23. The molecule has 0 fully saturated rings. The van der Waals surface area contributed by atoms with E-state index < -0.39 is 0 Å². The van der Waals surface area contributed by atoms with Gasteiger partial charge in [0.15, 0.2) is 17.5 Å². The second-order valence-corrected chi connectivity index (χ2v) is 13.2. The van der Waals surface area contributed by atoms with Gasteiger partial charge in [-0.15, -0.1) is 0 Å². The van der Waals surface area contributed by atoms with Gasteiger partial charge in [0, 0.05) is 38.2 Å². The highest BCUT2D eigenvalue weighted by Crippen LogP contribution is 2.41. The molecule has 3 aromatic heterocycles. The van der Waals surface area contributed by atoms with Gasteiger partial charge in [-0.3, -0.25) is 0 Å². The molecule has 52 heavy (non-hydrogen) atoms. The topological polar surface area (TPSA) is 65.0 Å². The highest BCUT2D eigenvalue weighted by atomic mass is 16.3. The summed E-state index contributed by atoms with van der Waals surface area (Å²) in [4.78, 5) is 15.4. The molecule has 0 aliphatic heterocycles. The number of fused-ring (bicyclic) bond motifs is 9. The highest BCUT2D eigenvalue weighted by Gasteiger charge is 2.20. The normalized spacial score (nSPS) is 11.8. The Hall–Kier alpha value is -7.11. The Morgan fingerprint density at radius 3 is 1.69 bits per heavy atom. The molecule has 0 radical (unpaired) electrons. The number of para-hydroxylation sites is 1. The third kappa shape index (κ3) is 4.46. The molecule has 0 spiro atoms. The van der Waals surface area contributed by atoms with Crippen LogP contribution in [0.15, 0.2) is 173 Å². The maximum Gasteiger partial charge on any atom is 0.164 e. The Labute approximate surface area is 297 Å². The second-order valence-electron chi connectivity index (χ2n) is 13.2. The predicted molar refractivity (Wildman–Crippen MR) is 211 cm³/mol. The van der Waals surface area contributed by atoms with Crippen molar-refractivity contribution >= 4 is 65.4 Å². The van der Waals surface area contributed by atoms with E-state index in [1.807, 2.05) is 60.7 Å². The minimum atomic E-state index is 0.587. The smallest absolute Gasteiger partial charge is 0.164 e. The summed E-state index contributed by atoms with van der Waals surface area (Å²) >= 11 is 0. The fraction of sp³-hybridized carbons (Fsp3) is 0. The van der Waals surface area contributed by atoms with E-state index in [9.17, 15) is 0 Å². The summed E-state index contributed by atoms with van der Waals surface area (Å²) in [7, 11) is 0. The summed E-state index contributed by atoms with van der Waals surface area (Å²) < 4.78 is 12.7. The van der Waals surface area contributed by atoms with E-state index in [0.717, 1.165) is 77.1 Å². The molecular weight excluding hydrogens is 639 g/mol. The molecule has 11 aromatic rings. The lowest BCUT2D eigenvalue weighted by molar-refractivity contribution is 0.669. The van der Waals surface area contributed by atoms with Gasteiger partial charge >= 0.3 is 0 Å². The van der Waals surface area contributed by atoms with Gasteiger partial charge in [-0.05, 0) is 69.1 Å². The molecule has 0 aliphatic rings. The van der Waals surface area contributed by atoms with Crippen molar-refractivity contribution in [2.24, 2.45) is 0 Å². The van der Waals surface area contributed by atoms with Crippen LogP contribution in [0.4, 0.5) is 0 Å². The minimum Gasteiger partial charge on any atom is -0.456 e. The fourth-order valence-electron chi connectivity index (χ4n) is 7.68. The van der Waals surface area contributed by atoms with E-state index >= 15 is 0 Å². The van der Waals surface area contributed by atoms with E-state index in [1.54, 1.807) is 0 Å². The molecule has 0 unspecified atom stereocenters. The van der Waals surface area contributed by atoms with Crippen LogP contribution in [0.2, 0.25) is 0 Å². The third-order valence-corrected chi connectivity index (χ3v) is 10.1. The molecule has 0 amide bonds. The maximum absolute atomic E-state index is 6.48. The average molecular weight is 666 g/mol. The van der Waals surface area contributed by atoms with Crippen molar-refractivity contribution in [3.8, 4) is 45.3 Å². The van der Waals surface area contributed by atoms with Crippen molar-refractivity contribution in [1.82, 2.24) is 15.0 Å². The van der Waals surface area contributed by atoms with Crippen molar-refractivity contribution in [3.63, 3.8) is 0 Å². The Morgan fingerprint density at radius 2 is 0.865 bits per heavy atom. The van der Waals surface area contributed by atoms with Crippen LogP contribution < -0.4 is 0 Å². The molecule has 0 N–H and O–H groups in total. The number of rotatable bonds is 4. The maximum atomic E-state index is 6.48. The molecule has 0 saturated heterocycles. The first kappa shape index (κ1) is 28.7. The molecule has 242 valence electrons. The van der Waals surface area contributed by atoms with Gasteiger partial charge in [0.25, 0.3) is 0 Å². The van der Waals surface area contributed by atoms with E-state index in [0.29, 0.717) is 17.5 Å². The Kier molecular flexibility index (Phi) is 6.18. The lowest BCUT2D eigenvalue weighted by atomic mass is 9.97. The summed E-state index contributed by atoms with van der Waals surface area (Å²) in [6.45, 7) is 0. The molecule has 0 atom stereocenters. The zero-order chi connectivity index (χ0) is 34.2. The quantitative estimate of drug-likeness (QED) is 0.175. The molecule has 5 nitrogen and oxygen atoms in total. The lowest BCUT2D eigenvalue weighted by Crippen LogP contribution is -2.00. The van der Waals surface area contributed by atoms with Crippen LogP contribution in [0, 0.1) is 0 Å². The average Bonchev–Trinajstić information content (AvgIpc) is 3.79. The molecular formula is C47H27N3O2. The van der Waals surface area contributed by atoms with Crippen LogP contribution >= 0.6 is 0 Å². The highest BCUT2D eigenvalue weighted by molar-refractivity contribution is 6.16. The van der Waals surface area contributed by atoms with Gasteiger partial charge in [0.1, 0.15) is 22.3 Å². The zero-order valence-corrected chi connectivity index (χ0v) is 27.7. The molecule has 5 heteroatoms. The van der Waals surface area contributed by atoms with Crippen molar-refractivity contribution in [2.75, 3.05) is 0 Å². The number of nitrogens with zero attached hydrogens (tertiary/aromatic N) is 3. The fourth-order valence-corrected chi connectivity index (χ4v) is 7.68. The SMILES string of the molecule is c1ccc(-c2nc(-c3ccc4ccc5ccccc5c4c3)nc(-c3cccc4oc5ccc(-c6cccc7oc8ccccc8c67)cc5c34)n2)cc1. The number of furan rings is 2. The van der Waals surface area contributed by atoms with Gasteiger partial charge in [-0.2, -0.15) is 0 Å². The van der Waals surface area contributed by atoms with Crippen molar-refractivity contribution in [2.45, 2.75) is 0 Å². The van der Waals surface area contributed by atoms with Gasteiger partial charge < -0.3 is 8.83 Å². The zero-order valence-electron chi connectivity index (χ0n) is 27.7. The van der Waals surface area contributed by atoms with Crippen LogP contribution in [0.5, 0.6) is 0 Å². The van der Waals surface area contributed by atoms with Gasteiger partial charge in [0.2, 0.25) is 0 Å². The van der Waals surface area contributed by atoms with Crippen LogP contribution in [-0.4, -0.2) is 15.0 Å². The molecule has 3 heterocycles. The first-order chi connectivity index (χ1) is 25.7. The van der Waals surface area contributed by atoms with Crippen LogP contribution in [0.1, 0.15) is 0 Å². The Morgan fingerprint density at radius 1 is 0.308 bits per heavy atom. The minimum absolute atomic E-state index is 0.587. The van der Waals surface area contributed by atoms with Crippen molar-refractivity contribution < 1.29 is 8.83 Å².